The molecule has 1 nitrogen and oxygen atoms in total. The first kappa shape index (κ1) is 14.6. The first-order chi connectivity index (χ1) is 7.58. The quantitative estimate of drug-likeness (QED) is 0.550. The molecule has 0 saturated carbocycles. The molecule has 2 atom stereocenters. The number of unbranched alkanes of at least 4 members (excludes halogenated alkanes) is 1. The zero-order valence-corrected chi connectivity index (χ0v) is 9.45. The van der Waals surface area contributed by atoms with Crippen molar-refractivity contribution in [1.29, 1.82) is 0 Å². The van der Waals surface area contributed by atoms with Gasteiger partial charge in [-0.3, -0.25) is 0 Å². The molecule has 102 valence electrons. The molecule has 0 spiro atoms. The molecular weight excluding hydrogens is 250 g/mol. The fourth-order valence-corrected chi connectivity index (χ4v) is 1.98. The summed E-state index contributed by atoms with van der Waals surface area (Å²) in [7, 11) is 0. The predicted octanol–water partition coefficient (Wildman–Crippen LogP) is 4.07. The summed E-state index contributed by atoms with van der Waals surface area (Å²) in [5.74, 6) is -0.752. The van der Waals surface area contributed by atoms with E-state index in [1.165, 1.54) is 6.92 Å². The third-order valence-electron chi connectivity index (χ3n) is 3.03. The number of ether oxygens (including phenoxy) is 1. The minimum absolute atomic E-state index is 0.301. The Hall–Kier alpha value is -0.460. The van der Waals surface area contributed by atoms with Crippen LogP contribution >= 0.6 is 0 Å². The van der Waals surface area contributed by atoms with Gasteiger partial charge in [-0.25, -0.2) is 0 Å². The molecule has 1 rings (SSSR count). The van der Waals surface area contributed by atoms with Crippen LogP contribution in [0.3, 0.4) is 0 Å². The van der Waals surface area contributed by atoms with Gasteiger partial charge < -0.3 is 4.74 Å². The molecule has 7 heteroatoms. The van der Waals surface area contributed by atoms with Gasteiger partial charge in [-0.2, -0.15) is 26.3 Å². The normalized spacial score (nSPS) is 25.8. The summed E-state index contributed by atoms with van der Waals surface area (Å²) in [5, 5.41) is 0. The average molecular weight is 264 g/mol. The van der Waals surface area contributed by atoms with Crippen molar-refractivity contribution in [2.75, 3.05) is 0 Å². The molecule has 1 saturated heterocycles. The van der Waals surface area contributed by atoms with E-state index in [0.717, 1.165) is 6.42 Å². The lowest BCUT2D eigenvalue weighted by Gasteiger charge is -2.21. The summed E-state index contributed by atoms with van der Waals surface area (Å²) in [6.07, 6.45) is -11.0. The van der Waals surface area contributed by atoms with Gasteiger partial charge in [0.05, 0.1) is 0 Å². The van der Waals surface area contributed by atoms with Crippen molar-refractivity contribution in [3.05, 3.63) is 0 Å². The summed E-state index contributed by atoms with van der Waals surface area (Å²) < 4.78 is 78.9. The topological polar surface area (TPSA) is 12.5 Å². The second-order valence-corrected chi connectivity index (χ2v) is 4.39. The molecule has 0 amide bonds. The minimum atomic E-state index is -5.41. The molecule has 0 radical (unpaired) electrons. The molecule has 17 heavy (non-hydrogen) atoms. The van der Waals surface area contributed by atoms with Gasteiger partial charge in [0.15, 0.2) is 0 Å². The standard InChI is InChI=1S/C10H14F6O/c1-3-4-5-6(2)7-8(17-7,9(11,12)13)10(14,15)16/h6-7H,3-5H2,1-2H3/t6?,7-/m1/s1. The zero-order chi connectivity index (χ0) is 13.5. The van der Waals surface area contributed by atoms with E-state index in [4.69, 9.17) is 0 Å². The van der Waals surface area contributed by atoms with Crippen LogP contribution in [-0.4, -0.2) is 24.1 Å². The van der Waals surface area contributed by atoms with Gasteiger partial charge in [-0.05, 0) is 12.3 Å². The highest BCUT2D eigenvalue weighted by atomic mass is 19.4. The van der Waals surface area contributed by atoms with Crippen LogP contribution in [0, 0.1) is 5.92 Å². The Balaban J connectivity index is 2.81. The van der Waals surface area contributed by atoms with Gasteiger partial charge >= 0.3 is 12.4 Å². The molecule has 1 unspecified atom stereocenters. The summed E-state index contributed by atoms with van der Waals surface area (Å²) >= 11 is 0. The Bertz CT molecular complexity index is 255. The average Bonchev–Trinajstić information content (AvgIpc) is 2.87. The van der Waals surface area contributed by atoms with Crippen molar-refractivity contribution in [3.63, 3.8) is 0 Å². The van der Waals surface area contributed by atoms with E-state index >= 15 is 0 Å². The van der Waals surface area contributed by atoms with Crippen LogP contribution in [0.25, 0.3) is 0 Å². The second kappa shape index (κ2) is 4.33. The predicted molar refractivity (Wildman–Crippen MR) is 48.4 cm³/mol. The smallest absolute Gasteiger partial charge is 0.349 e. The van der Waals surface area contributed by atoms with Gasteiger partial charge in [0.1, 0.15) is 6.10 Å². The maximum absolute atomic E-state index is 12.5. The third kappa shape index (κ3) is 2.39. The number of rotatable bonds is 4. The lowest BCUT2D eigenvalue weighted by atomic mass is 9.91. The number of hydrogen-bond donors (Lipinski definition) is 0. The lowest BCUT2D eigenvalue weighted by molar-refractivity contribution is -0.292. The van der Waals surface area contributed by atoms with E-state index in [1.807, 2.05) is 6.92 Å². The van der Waals surface area contributed by atoms with Crippen molar-refractivity contribution in [3.8, 4) is 0 Å². The van der Waals surface area contributed by atoms with Crippen molar-refractivity contribution < 1.29 is 31.1 Å². The number of epoxide rings is 1. The highest BCUT2D eigenvalue weighted by Crippen LogP contribution is 2.61. The van der Waals surface area contributed by atoms with Crippen LogP contribution in [0.1, 0.15) is 33.1 Å². The van der Waals surface area contributed by atoms with Gasteiger partial charge in [0.2, 0.25) is 0 Å². The Morgan fingerprint density at radius 3 is 1.88 bits per heavy atom. The zero-order valence-electron chi connectivity index (χ0n) is 9.45. The monoisotopic (exact) mass is 264 g/mol. The van der Waals surface area contributed by atoms with E-state index in [9.17, 15) is 26.3 Å². The summed E-state index contributed by atoms with van der Waals surface area (Å²) in [5.41, 5.74) is -3.94. The van der Waals surface area contributed by atoms with E-state index in [2.05, 4.69) is 4.74 Å². The van der Waals surface area contributed by atoms with Crippen LogP contribution < -0.4 is 0 Å². The fraction of sp³-hybridized carbons (Fsp3) is 1.00. The Morgan fingerprint density at radius 1 is 1.12 bits per heavy atom. The molecular formula is C10H14F6O. The number of hydrogen-bond acceptors (Lipinski definition) is 1. The van der Waals surface area contributed by atoms with Gasteiger partial charge in [-0.1, -0.05) is 26.7 Å². The summed E-state index contributed by atoms with van der Waals surface area (Å²) in [6.45, 7) is 3.18. The van der Waals surface area contributed by atoms with Gasteiger partial charge in [0, 0.05) is 0 Å². The van der Waals surface area contributed by atoms with Gasteiger partial charge in [0.25, 0.3) is 5.60 Å². The van der Waals surface area contributed by atoms with Crippen LogP contribution in [0.4, 0.5) is 26.3 Å². The Morgan fingerprint density at radius 2 is 1.59 bits per heavy atom. The van der Waals surface area contributed by atoms with Crippen molar-refractivity contribution >= 4 is 0 Å². The second-order valence-electron chi connectivity index (χ2n) is 4.39. The van der Waals surface area contributed by atoms with Crippen LogP contribution in [0.15, 0.2) is 0 Å². The maximum Gasteiger partial charge on any atom is 0.429 e. The summed E-state index contributed by atoms with van der Waals surface area (Å²) in [6, 6.07) is 0. The molecule has 0 bridgehead atoms. The van der Waals surface area contributed by atoms with E-state index in [1.54, 1.807) is 0 Å². The third-order valence-corrected chi connectivity index (χ3v) is 3.03. The Kier molecular flexibility index (Phi) is 3.72. The van der Waals surface area contributed by atoms with Gasteiger partial charge in [-0.15, -0.1) is 0 Å². The molecule has 1 fully saturated rings. The Labute approximate surface area is 95.1 Å². The van der Waals surface area contributed by atoms with Crippen molar-refractivity contribution in [2.24, 2.45) is 5.92 Å². The number of alkyl halides is 6. The lowest BCUT2D eigenvalue weighted by Crippen LogP contribution is -2.49. The first-order valence-electron chi connectivity index (χ1n) is 5.39. The fourth-order valence-electron chi connectivity index (χ4n) is 1.98. The highest BCUT2D eigenvalue weighted by Gasteiger charge is 2.87. The van der Waals surface area contributed by atoms with Crippen molar-refractivity contribution in [2.45, 2.75) is 57.2 Å². The molecule has 1 aliphatic rings. The molecule has 1 heterocycles. The maximum atomic E-state index is 12.5. The number of halogens is 6. The van der Waals surface area contributed by atoms with Crippen molar-refractivity contribution in [1.82, 2.24) is 0 Å². The first-order valence-corrected chi connectivity index (χ1v) is 5.39. The molecule has 1 aliphatic heterocycles. The van der Waals surface area contributed by atoms with E-state index < -0.39 is 30.0 Å². The van der Waals surface area contributed by atoms with Crippen LogP contribution in [0.2, 0.25) is 0 Å². The molecule has 0 N–H and O–H groups in total. The highest BCUT2D eigenvalue weighted by molar-refractivity contribution is 5.14. The van der Waals surface area contributed by atoms with Crippen LogP contribution in [0.5, 0.6) is 0 Å². The van der Waals surface area contributed by atoms with Crippen LogP contribution in [-0.2, 0) is 4.74 Å². The molecule has 0 aromatic rings. The largest absolute Gasteiger partial charge is 0.429 e. The van der Waals surface area contributed by atoms with E-state index in [0.29, 0.717) is 12.8 Å². The SMILES string of the molecule is CCCCC(C)[C@H]1OC1(C(F)(F)F)C(F)(F)F. The molecule has 0 aromatic carbocycles. The van der Waals surface area contributed by atoms with E-state index in [-0.39, 0.29) is 0 Å². The summed E-state index contributed by atoms with van der Waals surface area (Å²) in [4.78, 5) is 0. The molecule has 0 aromatic heterocycles. The molecule has 0 aliphatic carbocycles. The minimum Gasteiger partial charge on any atom is -0.349 e.